The van der Waals surface area contributed by atoms with Crippen molar-refractivity contribution < 1.29 is 8.78 Å². The molecule has 0 N–H and O–H groups in total. The number of halogens is 2. The van der Waals surface area contributed by atoms with Crippen LogP contribution in [0.1, 0.15) is 43.6 Å². The van der Waals surface area contributed by atoms with Crippen LogP contribution in [0.4, 0.5) is 42.9 Å². The van der Waals surface area contributed by atoms with E-state index in [1.54, 1.807) is 47.8 Å². The highest BCUT2D eigenvalue weighted by Crippen LogP contribution is 2.62. The Balaban J connectivity index is 1.41. The topological polar surface area (TPSA) is 6.48 Å². The molecule has 54 heavy (non-hydrogen) atoms. The third-order valence-electron chi connectivity index (χ3n) is 10.9. The van der Waals surface area contributed by atoms with Crippen LogP contribution in [0.25, 0.3) is 22.3 Å². The predicted molar refractivity (Wildman–Crippen MR) is 221 cm³/mol. The zero-order chi connectivity index (χ0) is 36.2. The molecule has 0 saturated heterocycles. The number of para-hydroxylation sites is 4. The number of anilines is 6. The molecule has 1 fully saturated rings. The van der Waals surface area contributed by atoms with Crippen molar-refractivity contribution in [1.29, 1.82) is 0 Å². The van der Waals surface area contributed by atoms with Gasteiger partial charge in [-0.1, -0.05) is 116 Å². The summed E-state index contributed by atoms with van der Waals surface area (Å²) in [4.78, 5) is 9.71. The molecule has 0 spiro atoms. The van der Waals surface area contributed by atoms with Crippen LogP contribution >= 0.6 is 23.5 Å². The molecule has 7 aromatic rings. The number of hydrogen-bond acceptors (Lipinski definition) is 4. The maximum Gasteiger partial charge on any atom is 0.123 e. The summed E-state index contributed by atoms with van der Waals surface area (Å²) in [6.07, 6.45) is 5.59. The molecule has 2 aliphatic heterocycles. The van der Waals surface area contributed by atoms with Crippen LogP contribution in [0.15, 0.2) is 171 Å². The van der Waals surface area contributed by atoms with Crippen LogP contribution in [0.2, 0.25) is 0 Å². The molecule has 10 rings (SSSR count). The molecule has 1 aliphatic carbocycles. The number of nitrogens with zero attached hydrogens (tertiary/aromatic N) is 2. The van der Waals surface area contributed by atoms with Gasteiger partial charge in [0, 0.05) is 36.3 Å². The highest BCUT2D eigenvalue weighted by atomic mass is 32.2. The maximum absolute atomic E-state index is 14.7. The molecule has 3 aliphatic rings. The quantitative estimate of drug-likeness (QED) is 0.173. The first-order valence-corrected chi connectivity index (χ1v) is 20.3. The van der Waals surface area contributed by atoms with Crippen LogP contribution < -0.4 is 9.80 Å². The second-order valence-corrected chi connectivity index (χ2v) is 16.3. The molecular formula is C48H36F2N2S2. The Labute approximate surface area is 323 Å². The van der Waals surface area contributed by atoms with E-state index in [0.717, 1.165) is 82.1 Å². The molecule has 1 saturated carbocycles. The Morgan fingerprint density at radius 3 is 1.15 bits per heavy atom. The number of rotatable bonds is 5. The van der Waals surface area contributed by atoms with Gasteiger partial charge in [-0.15, -0.1) is 0 Å². The van der Waals surface area contributed by atoms with Gasteiger partial charge in [-0.2, -0.15) is 0 Å². The molecule has 6 heteroatoms. The summed E-state index contributed by atoms with van der Waals surface area (Å²) in [6, 6.07) is 50.9. The van der Waals surface area contributed by atoms with Crippen molar-refractivity contribution in [3.63, 3.8) is 0 Å². The largest absolute Gasteiger partial charge is 0.307 e. The first-order valence-electron chi connectivity index (χ1n) is 18.7. The fourth-order valence-electron chi connectivity index (χ4n) is 8.53. The van der Waals surface area contributed by atoms with Gasteiger partial charge < -0.3 is 9.80 Å². The Morgan fingerprint density at radius 2 is 0.778 bits per heavy atom. The second kappa shape index (κ2) is 13.8. The first kappa shape index (κ1) is 33.3. The number of fused-ring (bicyclic) bond motifs is 4. The fourth-order valence-corrected chi connectivity index (χ4v) is 10.6. The third-order valence-corrected chi connectivity index (χ3v) is 13.2. The number of benzene rings is 7. The van der Waals surface area contributed by atoms with Crippen LogP contribution in [0, 0.1) is 11.6 Å². The van der Waals surface area contributed by atoms with E-state index in [9.17, 15) is 8.78 Å². The highest BCUT2D eigenvalue weighted by Gasteiger charge is 2.38. The van der Waals surface area contributed by atoms with E-state index in [-0.39, 0.29) is 17.6 Å². The lowest BCUT2D eigenvalue weighted by molar-refractivity contribution is 0.444. The van der Waals surface area contributed by atoms with Gasteiger partial charge in [0.2, 0.25) is 0 Å². The van der Waals surface area contributed by atoms with E-state index in [2.05, 4.69) is 113 Å². The van der Waals surface area contributed by atoms with Crippen LogP contribution in [0.3, 0.4) is 0 Å². The van der Waals surface area contributed by atoms with Gasteiger partial charge in [0.25, 0.3) is 0 Å². The van der Waals surface area contributed by atoms with Gasteiger partial charge in [0.15, 0.2) is 0 Å². The molecule has 2 heterocycles. The Hall–Kier alpha value is -5.30. The molecule has 0 amide bonds. The zero-order valence-corrected chi connectivity index (χ0v) is 31.1. The van der Waals surface area contributed by atoms with Gasteiger partial charge >= 0.3 is 0 Å². The summed E-state index contributed by atoms with van der Waals surface area (Å²) in [5, 5.41) is 0. The van der Waals surface area contributed by atoms with E-state index in [1.807, 2.05) is 24.3 Å². The predicted octanol–water partition coefficient (Wildman–Crippen LogP) is 15.2. The number of hydrogen-bond donors (Lipinski definition) is 0. The standard InChI is InChI=1S/C48H36F2N2S2/c49-34-26-22-31(23-27-34)36-30-37(32-24-28-35(50)29-25-32)48(52-40-16-6-10-20-44(40)54-45-21-11-7-17-41(45)52)46(33-12-2-1-3-13-33)47(36)51-38-14-4-8-18-42(38)53-43-19-9-5-15-39(43)51/h4-11,14-30,33H,1-3,12-13H2. The minimum atomic E-state index is -0.271. The SMILES string of the molecule is Fc1ccc(-c2cc(-c3ccc(F)cc3)c(N3c4ccccc4Sc4ccccc43)c(C3CCCCC3)c2N2c3ccccc3Sc3ccccc32)cc1. The highest BCUT2D eigenvalue weighted by molar-refractivity contribution is 8.00. The smallest absolute Gasteiger partial charge is 0.123 e. The average Bonchev–Trinajstić information content (AvgIpc) is 3.22. The lowest BCUT2D eigenvalue weighted by Gasteiger charge is -2.42. The van der Waals surface area contributed by atoms with E-state index in [0.29, 0.717) is 0 Å². The minimum Gasteiger partial charge on any atom is -0.307 e. The van der Waals surface area contributed by atoms with Gasteiger partial charge in [-0.3, -0.25) is 0 Å². The summed E-state index contributed by atoms with van der Waals surface area (Å²) in [6.45, 7) is 0. The molecule has 0 radical (unpaired) electrons. The molecule has 0 aromatic heterocycles. The van der Waals surface area contributed by atoms with Crippen molar-refractivity contribution in [2.75, 3.05) is 9.80 Å². The lowest BCUT2D eigenvalue weighted by atomic mass is 9.78. The van der Waals surface area contributed by atoms with Crippen molar-refractivity contribution in [2.45, 2.75) is 57.6 Å². The van der Waals surface area contributed by atoms with Gasteiger partial charge in [0.05, 0.1) is 34.1 Å². The van der Waals surface area contributed by atoms with E-state index >= 15 is 0 Å². The molecular weight excluding hydrogens is 707 g/mol. The minimum absolute atomic E-state index is 0.228. The summed E-state index contributed by atoms with van der Waals surface area (Å²) in [7, 11) is 0. The first-order chi connectivity index (χ1) is 26.6. The van der Waals surface area contributed by atoms with E-state index < -0.39 is 0 Å². The molecule has 2 nitrogen and oxygen atoms in total. The summed E-state index contributed by atoms with van der Waals surface area (Å²) < 4.78 is 29.5. The van der Waals surface area contributed by atoms with Crippen molar-refractivity contribution in [3.05, 3.63) is 169 Å². The van der Waals surface area contributed by atoms with Crippen molar-refractivity contribution in [3.8, 4) is 22.3 Å². The average molecular weight is 743 g/mol. The normalized spacial score (nSPS) is 14.9. The van der Waals surface area contributed by atoms with E-state index in [1.165, 1.54) is 31.6 Å². The van der Waals surface area contributed by atoms with Crippen LogP contribution in [-0.2, 0) is 0 Å². The maximum atomic E-state index is 14.7. The van der Waals surface area contributed by atoms with Crippen LogP contribution in [-0.4, -0.2) is 0 Å². The monoisotopic (exact) mass is 742 g/mol. The lowest BCUT2D eigenvalue weighted by Crippen LogP contribution is -2.24. The van der Waals surface area contributed by atoms with Crippen molar-refractivity contribution in [1.82, 2.24) is 0 Å². The molecule has 264 valence electrons. The van der Waals surface area contributed by atoms with Crippen molar-refractivity contribution in [2.24, 2.45) is 0 Å². The van der Waals surface area contributed by atoms with Gasteiger partial charge in [-0.25, -0.2) is 8.78 Å². The molecule has 0 unspecified atom stereocenters. The third kappa shape index (κ3) is 5.71. The molecule has 0 atom stereocenters. The Morgan fingerprint density at radius 1 is 0.426 bits per heavy atom. The van der Waals surface area contributed by atoms with Crippen LogP contribution in [0.5, 0.6) is 0 Å². The molecule has 0 bridgehead atoms. The van der Waals surface area contributed by atoms with Gasteiger partial charge in [0.1, 0.15) is 11.6 Å². The van der Waals surface area contributed by atoms with Gasteiger partial charge in [-0.05, 0) is 109 Å². The van der Waals surface area contributed by atoms with Crippen molar-refractivity contribution >= 4 is 57.6 Å². The summed E-state index contributed by atoms with van der Waals surface area (Å²) in [5.74, 6) is -0.314. The Bertz CT molecular complexity index is 2270. The Kier molecular flexibility index (Phi) is 8.53. The van der Waals surface area contributed by atoms with E-state index in [4.69, 9.17) is 0 Å². The zero-order valence-electron chi connectivity index (χ0n) is 29.5. The second-order valence-electron chi connectivity index (χ2n) is 14.2. The molecule has 7 aromatic carbocycles. The summed E-state index contributed by atoms with van der Waals surface area (Å²) in [5.41, 5.74) is 11.9. The summed E-state index contributed by atoms with van der Waals surface area (Å²) >= 11 is 3.60. The fraction of sp³-hybridized carbons (Fsp3) is 0.125.